The average Bonchev–Trinajstić information content (AvgIpc) is 2.77. The highest BCUT2D eigenvalue weighted by molar-refractivity contribution is 7.91. The van der Waals surface area contributed by atoms with E-state index in [2.05, 4.69) is 10.1 Å². The van der Waals surface area contributed by atoms with Crippen molar-refractivity contribution in [2.75, 3.05) is 31.8 Å². The van der Waals surface area contributed by atoms with E-state index in [0.29, 0.717) is 12.1 Å². The van der Waals surface area contributed by atoms with Crippen LogP contribution in [0.25, 0.3) is 0 Å². The number of nitrogens with one attached hydrogen (secondary N) is 1. The topological polar surface area (TPSA) is 125 Å². The summed E-state index contributed by atoms with van der Waals surface area (Å²) in [7, 11) is -3.29. The summed E-state index contributed by atoms with van der Waals surface area (Å²) in [4.78, 5) is 25.9. The van der Waals surface area contributed by atoms with Crippen LogP contribution >= 0.6 is 11.6 Å². The fourth-order valence-electron chi connectivity index (χ4n) is 3.80. The van der Waals surface area contributed by atoms with Crippen LogP contribution < -0.4 is 11.1 Å². The molecule has 8 nitrogen and oxygen atoms in total. The Bertz CT molecular complexity index is 1240. The van der Waals surface area contributed by atoms with Gasteiger partial charge in [-0.2, -0.15) is 13.2 Å². The summed E-state index contributed by atoms with van der Waals surface area (Å²) in [6.45, 7) is 0.891. The van der Waals surface area contributed by atoms with Crippen LogP contribution in [0.1, 0.15) is 30.9 Å². The molecule has 0 bridgehead atoms. The van der Waals surface area contributed by atoms with Crippen molar-refractivity contribution >= 4 is 33.4 Å². The van der Waals surface area contributed by atoms with Gasteiger partial charge in [-0.15, -0.1) is 0 Å². The zero-order chi connectivity index (χ0) is 28.3. The number of nitrogens with two attached hydrogens (primary N) is 1. The number of hydrogen-bond donors (Lipinski definition) is 2. The van der Waals surface area contributed by atoms with Gasteiger partial charge < -0.3 is 20.5 Å². The number of sulfone groups is 1. The maximum absolute atomic E-state index is 15.2. The lowest BCUT2D eigenvalue weighted by atomic mass is 9.78. The second-order valence-corrected chi connectivity index (χ2v) is 10.7. The minimum atomic E-state index is -5.31. The van der Waals surface area contributed by atoms with E-state index in [1.807, 2.05) is 0 Å². The highest BCUT2D eigenvalue weighted by Gasteiger charge is 2.47. The van der Waals surface area contributed by atoms with E-state index in [9.17, 15) is 35.6 Å². The van der Waals surface area contributed by atoms with E-state index >= 15 is 4.39 Å². The maximum Gasteiger partial charge on any atom is 0.418 e. The molecule has 1 aromatic rings. The molecule has 1 heterocycles. The Hall–Kier alpha value is -2.71. The fraction of sp³-hybridized carbons (Fsp3) is 0.455. The van der Waals surface area contributed by atoms with Crippen molar-refractivity contribution in [1.29, 1.82) is 0 Å². The van der Waals surface area contributed by atoms with E-state index in [1.165, 1.54) is 13.8 Å². The third-order valence-corrected chi connectivity index (χ3v) is 7.04. The molecule has 0 aliphatic carbocycles. The van der Waals surface area contributed by atoms with Gasteiger partial charge in [0, 0.05) is 17.8 Å². The van der Waals surface area contributed by atoms with Crippen molar-refractivity contribution in [2.24, 2.45) is 5.73 Å². The Morgan fingerprint density at radius 1 is 1.16 bits per heavy atom. The fourth-order valence-corrected chi connectivity index (χ4v) is 5.24. The minimum absolute atomic E-state index is 0.342. The van der Waals surface area contributed by atoms with Crippen LogP contribution in [0.3, 0.4) is 0 Å². The monoisotopic (exact) mass is 574 g/mol. The van der Waals surface area contributed by atoms with E-state index in [0.717, 1.165) is 7.11 Å². The predicted octanol–water partition coefficient (Wildman–Crippen LogP) is 3.16. The third-order valence-electron chi connectivity index (χ3n) is 5.14. The lowest BCUT2D eigenvalue weighted by molar-refractivity contribution is -0.144. The quantitative estimate of drug-likeness (QED) is 0.340. The molecule has 1 aliphatic heterocycles. The van der Waals surface area contributed by atoms with Crippen LogP contribution in [0.15, 0.2) is 34.7 Å². The van der Waals surface area contributed by atoms with Crippen molar-refractivity contribution in [1.82, 2.24) is 5.32 Å². The van der Waals surface area contributed by atoms with Crippen LogP contribution in [-0.4, -0.2) is 58.3 Å². The molecule has 0 amide bonds. The summed E-state index contributed by atoms with van der Waals surface area (Å²) in [5.74, 6) is -8.28. The minimum Gasteiger partial charge on any atom is -0.466 e. The molecule has 0 saturated heterocycles. The normalized spacial score (nSPS) is 16.7. The van der Waals surface area contributed by atoms with Crippen molar-refractivity contribution < 1.29 is 49.4 Å². The number of carbonyl (C=O) groups is 2. The highest BCUT2D eigenvalue weighted by Crippen LogP contribution is 2.48. The SMILES string of the molecule is COC(=O)C1=C(CF)NC(CS(=O)(=O)CCN)=C(C(=O)OC(C)C)C1c1c(F)ccc(Cl)c1C(F)(F)F. The molecular formula is C22H24ClF5N2O6S. The average molecular weight is 575 g/mol. The number of methoxy groups -OCH3 is 1. The summed E-state index contributed by atoms with van der Waals surface area (Å²) in [6, 6.07) is 1.18. The molecule has 0 aromatic heterocycles. The summed E-state index contributed by atoms with van der Waals surface area (Å²) in [5.41, 5.74) is -0.855. The molecule has 3 N–H and O–H groups in total. The lowest BCUT2D eigenvalue weighted by Crippen LogP contribution is -2.38. The van der Waals surface area contributed by atoms with Gasteiger partial charge in [0.2, 0.25) is 0 Å². The number of rotatable bonds is 9. The van der Waals surface area contributed by atoms with Gasteiger partial charge >= 0.3 is 18.1 Å². The molecule has 15 heteroatoms. The van der Waals surface area contributed by atoms with Gasteiger partial charge in [-0.05, 0) is 26.0 Å². The molecule has 0 fully saturated rings. The number of halogens is 6. The molecule has 1 unspecified atom stereocenters. The molecule has 0 radical (unpaired) electrons. The Kier molecular flexibility index (Phi) is 9.71. The Morgan fingerprint density at radius 3 is 2.24 bits per heavy atom. The Morgan fingerprint density at radius 2 is 1.76 bits per heavy atom. The van der Waals surface area contributed by atoms with E-state index in [1.54, 1.807) is 0 Å². The van der Waals surface area contributed by atoms with Gasteiger partial charge in [0.25, 0.3) is 0 Å². The van der Waals surface area contributed by atoms with Crippen molar-refractivity contribution in [3.8, 4) is 0 Å². The largest absolute Gasteiger partial charge is 0.466 e. The van der Waals surface area contributed by atoms with Gasteiger partial charge in [0.1, 0.15) is 12.5 Å². The first-order valence-corrected chi connectivity index (χ1v) is 12.8. The molecule has 0 saturated carbocycles. The molecule has 206 valence electrons. The Labute approximate surface area is 214 Å². The number of dihydropyridines is 1. The van der Waals surface area contributed by atoms with Crippen molar-refractivity contribution in [3.63, 3.8) is 0 Å². The summed E-state index contributed by atoms with van der Waals surface area (Å²) in [6.07, 6.45) is -6.18. The molecule has 2 rings (SSSR count). The number of hydrogen-bond acceptors (Lipinski definition) is 8. The first-order chi connectivity index (χ1) is 17.1. The van der Waals surface area contributed by atoms with Crippen LogP contribution in [-0.2, 0) is 35.1 Å². The zero-order valence-corrected chi connectivity index (χ0v) is 21.4. The molecule has 1 aliphatic rings. The molecule has 0 spiro atoms. The number of esters is 2. The number of carbonyl (C=O) groups excluding carboxylic acids is 2. The van der Waals surface area contributed by atoms with E-state index in [-0.39, 0.29) is 6.54 Å². The lowest BCUT2D eigenvalue weighted by Gasteiger charge is -2.33. The third kappa shape index (κ3) is 6.79. The number of allylic oxidation sites excluding steroid dienone is 1. The van der Waals surface area contributed by atoms with Crippen molar-refractivity contribution in [3.05, 3.63) is 56.6 Å². The van der Waals surface area contributed by atoms with Gasteiger partial charge in [0.05, 0.1) is 58.1 Å². The zero-order valence-electron chi connectivity index (χ0n) is 19.8. The number of ether oxygens (including phenoxy) is 2. The number of benzene rings is 1. The van der Waals surface area contributed by atoms with E-state index < -0.39 is 103 Å². The van der Waals surface area contributed by atoms with Crippen LogP contribution in [0.5, 0.6) is 0 Å². The smallest absolute Gasteiger partial charge is 0.418 e. The molecule has 37 heavy (non-hydrogen) atoms. The predicted molar refractivity (Wildman–Crippen MR) is 123 cm³/mol. The highest BCUT2D eigenvalue weighted by atomic mass is 35.5. The molecule has 1 aromatic carbocycles. The second-order valence-electron chi connectivity index (χ2n) is 8.12. The maximum atomic E-state index is 15.2. The summed E-state index contributed by atoms with van der Waals surface area (Å²) in [5, 5.41) is 1.32. The first kappa shape index (κ1) is 30.5. The summed E-state index contributed by atoms with van der Waals surface area (Å²) >= 11 is 5.78. The van der Waals surface area contributed by atoms with Crippen molar-refractivity contribution in [2.45, 2.75) is 32.0 Å². The Balaban J connectivity index is 3.11. The van der Waals surface area contributed by atoms with Gasteiger partial charge in [0.15, 0.2) is 9.84 Å². The van der Waals surface area contributed by atoms with Crippen LogP contribution in [0.4, 0.5) is 22.0 Å². The van der Waals surface area contributed by atoms with Gasteiger partial charge in [-0.3, -0.25) is 0 Å². The van der Waals surface area contributed by atoms with Crippen LogP contribution in [0.2, 0.25) is 5.02 Å². The molecule has 1 atom stereocenters. The number of alkyl halides is 4. The standard InChI is InChI=1S/C22H24ClF5N2O6S/c1-10(2)36-21(32)17-14(9-37(33,34)7-6-29)30-13(8-24)16(20(31)35-3)18(17)15-12(25)5-4-11(23)19(15)22(26,27)28/h4-5,10,18,30H,6-9,29H2,1-3H3. The van der Waals surface area contributed by atoms with E-state index in [4.69, 9.17) is 22.1 Å². The second kappa shape index (κ2) is 11.8. The summed E-state index contributed by atoms with van der Waals surface area (Å²) < 4.78 is 107. The molecular weight excluding hydrogens is 551 g/mol. The van der Waals surface area contributed by atoms with Gasteiger partial charge in [-0.1, -0.05) is 11.6 Å². The first-order valence-electron chi connectivity index (χ1n) is 10.6. The van der Waals surface area contributed by atoms with Crippen LogP contribution in [0, 0.1) is 5.82 Å². The van der Waals surface area contributed by atoms with Gasteiger partial charge in [-0.25, -0.2) is 26.8 Å².